The molecule has 2 aliphatic rings. The number of hydrogen-bond acceptors (Lipinski definition) is 4. The molecule has 4 atom stereocenters. The molecule has 1 aliphatic heterocycles. The number of carboxylic acids is 1. The lowest BCUT2D eigenvalue weighted by molar-refractivity contribution is -0.150. The molecule has 78 valence electrons. The van der Waals surface area contributed by atoms with Gasteiger partial charge in [-0.25, -0.2) is 0 Å². The van der Waals surface area contributed by atoms with Crippen LogP contribution in [0.5, 0.6) is 0 Å². The van der Waals surface area contributed by atoms with Crippen molar-refractivity contribution in [3.05, 3.63) is 0 Å². The summed E-state index contributed by atoms with van der Waals surface area (Å²) >= 11 is 0. The van der Waals surface area contributed by atoms with Gasteiger partial charge in [0, 0.05) is 0 Å². The zero-order chi connectivity index (χ0) is 10.7. The molecule has 1 aliphatic carbocycles. The van der Waals surface area contributed by atoms with Gasteiger partial charge in [0.25, 0.3) is 0 Å². The Morgan fingerprint density at radius 3 is 2.50 bits per heavy atom. The zero-order valence-corrected chi connectivity index (χ0v) is 7.98. The Hall–Kier alpha value is -0.940. The number of aliphatic hydroxyl groups excluding tert-OH is 1. The molecular weight excluding hydrogens is 188 g/mol. The SMILES string of the molecule is CC12OC1(C)C(C(=O)O)C(CO)C2=O. The topological polar surface area (TPSA) is 87.1 Å². The second-order valence-electron chi connectivity index (χ2n) is 4.21. The lowest BCUT2D eigenvalue weighted by Crippen LogP contribution is -2.34. The second kappa shape index (κ2) is 2.35. The molecule has 0 spiro atoms. The highest BCUT2D eigenvalue weighted by atomic mass is 16.6. The molecule has 0 aromatic carbocycles. The number of ketones is 1. The van der Waals surface area contributed by atoms with Crippen LogP contribution in [0.1, 0.15) is 13.8 Å². The minimum Gasteiger partial charge on any atom is -0.481 e. The van der Waals surface area contributed by atoms with E-state index >= 15 is 0 Å². The van der Waals surface area contributed by atoms with Gasteiger partial charge in [0.2, 0.25) is 0 Å². The Morgan fingerprint density at radius 2 is 2.14 bits per heavy atom. The minimum absolute atomic E-state index is 0.296. The molecule has 14 heavy (non-hydrogen) atoms. The van der Waals surface area contributed by atoms with Crippen molar-refractivity contribution in [3.8, 4) is 0 Å². The molecule has 1 saturated heterocycles. The van der Waals surface area contributed by atoms with Gasteiger partial charge in [-0.2, -0.15) is 0 Å². The first-order valence-corrected chi connectivity index (χ1v) is 4.46. The maximum atomic E-state index is 11.7. The second-order valence-corrected chi connectivity index (χ2v) is 4.21. The average Bonchev–Trinajstić information content (AvgIpc) is 2.59. The summed E-state index contributed by atoms with van der Waals surface area (Å²) in [6, 6.07) is 0. The van der Waals surface area contributed by atoms with E-state index in [-0.39, 0.29) is 5.78 Å². The van der Waals surface area contributed by atoms with E-state index in [4.69, 9.17) is 14.9 Å². The lowest BCUT2D eigenvalue weighted by atomic mass is 9.88. The summed E-state index contributed by atoms with van der Waals surface area (Å²) in [6.45, 7) is 2.77. The molecule has 1 heterocycles. The minimum atomic E-state index is -1.08. The van der Waals surface area contributed by atoms with Crippen LogP contribution in [0.4, 0.5) is 0 Å². The predicted octanol–water partition coefficient (Wildman–Crippen LogP) is -0.574. The highest BCUT2D eigenvalue weighted by molar-refractivity contribution is 6.01. The third-order valence-corrected chi connectivity index (χ3v) is 3.59. The first kappa shape index (κ1) is 9.61. The van der Waals surface area contributed by atoms with Crippen molar-refractivity contribution < 1.29 is 24.5 Å². The van der Waals surface area contributed by atoms with Crippen LogP contribution in [0.15, 0.2) is 0 Å². The largest absolute Gasteiger partial charge is 0.481 e. The van der Waals surface area contributed by atoms with Crippen molar-refractivity contribution in [3.63, 3.8) is 0 Å². The van der Waals surface area contributed by atoms with Crippen molar-refractivity contribution >= 4 is 11.8 Å². The molecule has 0 bridgehead atoms. The molecule has 2 fully saturated rings. The predicted molar refractivity (Wildman–Crippen MR) is 44.6 cm³/mol. The number of carboxylic acid groups (broad SMARTS) is 1. The molecule has 4 unspecified atom stereocenters. The summed E-state index contributed by atoms with van der Waals surface area (Å²) in [5.41, 5.74) is -1.92. The van der Waals surface area contributed by atoms with Crippen molar-refractivity contribution in [1.29, 1.82) is 0 Å². The van der Waals surface area contributed by atoms with Crippen LogP contribution in [0.25, 0.3) is 0 Å². The van der Waals surface area contributed by atoms with Crippen LogP contribution in [0.2, 0.25) is 0 Å². The number of ether oxygens (including phenoxy) is 1. The number of aliphatic hydroxyl groups is 1. The van der Waals surface area contributed by atoms with Gasteiger partial charge in [-0.3, -0.25) is 9.59 Å². The molecule has 5 heteroatoms. The molecule has 0 aromatic heterocycles. The van der Waals surface area contributed by atoms with Crippen molar-refractivity contribution in [2.45, 2.75) is 25.0 Å². The monoisotopic (exact) mass is 200 g/mol. The van der Waals surface area contributed by atoms with E-state index in [9.17, 15) is 9.59 Å². The third kappa shape index (κ3) is 0.773. The zero-order valence-electron chi connectivity index (χ0n) is 7.98. The standard InChI is InChI=1S/C9H12O5/c1-8-5(7(12)13)4(3-10)6(11)9(8,2)14-8/h4-5,10H,3H2,1-2H3,(H,12,13). The van der Waals surface area contributed by atoms with Crippen LogP contribution in [-0.4, -0.2) is 39.8 Å². The van der Waals surface area contributed by atoms with Crippen molar-refractivity contribution in [2.75, 3.05) is 6.61 Å². The average molecular weight is 200 g/mol. The van der Waals surface area contributed by atoms with Gasteiger partial charge in [0.05, 0.1) is 12.5 Å². The number of Topliss-reactive ketones (excluding diaryl/α,β-unsaturated/α-hetero) is 1. The van der Waals surface area contributed by atoms with Crippen LogP contribution in [0, 0.1) is 11.8 Å². The van der Waals surface area contributed by atoms with Gasteiger partial charge in [-0.1, -0.05) is 0 Å². The molecule has 5 nitrogen and oxygen atoms in total. The van der Waals surface area contributed by atoms with E-state index in [0.717, 1.165) is 0 Å². The van der Waals surface area contributed by atoms with Crippen molar-refractivity contribution in [2.24, 2.45) is 11.8 Å². The maximum Gasteiger partial charge on any atom is 0.310 e. The molecule has 0 radical (unpaired) electrons. The maximum absolute atomic E-state index is 11.7. The summed E-state index contributed by atoms with van der Waals surface area (Å²) in [7, 11) is 0. The Labute approximate surface area is 80.7 Å². The van der Waals surface area contributed by atoms with Crippen LogP contribution >= 0.6 is 0 Å². The van der Waals surface area contributed by atoms with Crippen molar-refractivity contribution in [1.82, 2.24) is 0 Å². The number of carbonyl (C=O) groups is 2. The number of aliphatic carboxylic acids is 1. The lowest BCUT2D eigenvalue weighted by Gasteiger charge is -2.17. The van der Waals surface area contributed by atoms with Crippen LogP contribution < -0.4 is 0 Å². The molecule has 2 N–H and O–H groups in total. The fourth-order valence-electron chi connectivity index (χ4n) is 2.54. The van der Waals surface area contributed by atoms with E-state index in [0.29, 0.717) is 0 Å². The van der Waals surface area contributed by atoms with Gasteiger partial charge in [-0.15, -0.1) is 0 Å². The Balaban J connectivity index is 2.41. The Morgan fingerprint density at radius 1 is 1.57 bits per heavy atom. The quantitative estimate of drug-likeness (QED) is 0.582. The van der Waals surface area contributed by atoms with E-state index in [2.05, 4.69) is 0 Å². The molecular formula is C9H12O5. The summed E-state index contributed by atoms with van der Waals surface area (Å²) in [5.74, 6) is -3.13. The van der Waals surface area contributed by atoms with E-state index < -0.39 is 35.6 Å². The van der Waals surface area contributed by atoms with Gasteiger partial charge in [-0.05, 0) is 13.8 Å². The number of rotatable bonds is 2. The van der Waals surface area contributed by atoms with E-state index in [1.165, 1.54) is 0 Å². The number of hydrogen-bond donors (Lipinski definition) is 2. The number of epoxide rings is 1. The third-order valence-electron chi connectivity index (χ3n) is 3.59. The summed E-state index contributed by atoms with van der Waals surface area (Å²) in [4.78, 5) is 22.6. The first-order chi connectivity index (χ1) is 6.38. The molecule has 0 amide bonds. The molecule has 0 aromatic rings. The smallest absolute Gasteiger partial charge is 0.310 e. The fraction of sp³-hybridized carbons (Fsp3) is 0.778. The van der Waals surface area contributed by atoms with Gasteiger partial charge >= 0.3 is 5.97 Å². The van der Waals surface area contributed by atoms with E-state index in [1.807, 2.05) is 0 Å². The highest BCUT2D eigenvalue weighted by Crippen LogP contribution is 2.62. The summed E-state index contributed by atoms with van der Waals surface area (Å²) < 4.78 is 5.20. The summed E-state index contributed by atoms with van der Waals surface area (Å²) in [5, 5.41) is 17.9. The highest BCUT2D eigenvalue weighted by Gasteiger charge is 2.81. The van der Waals surface area contributed by atoms with Crippen LogP contribution in [-0.2, 0) is 14.3 Å². The Bertz CT molecular complexity index is 325. The molecule has 2 rings (SSSR count). The Kier molecular flexibility index (Phi) is 1.61. The van der Waals surface area contributed by atoms with Gasteiger partial charge < -0.3 is 14.9 Å². The molecule has 1 saturated carbocycles. The first-order valence-electron chi connectivity index (χ1n) is 4.46. The summed E-state index contributed by atoms with van der Waals surface area (Å²) in [6.07, 6.45) is 0. The van der Waals surface area contributed by atoms with E-state index in [1.54, 1.807) is 13.8 Å². The van der Waals surface area contributed by atoms with Gasteiger partial charge in [0.15, 0.2) is 11.4 Å². The van der Waals surface area contributed by atoms with Gasteiger partial charge in [0.1, 0.15) is 11.5 Å². The normalized spacial score (nSPS) is 50.4. The number of carbonyl (C=O) groups excluding carboxylic acids is 1. The fourth-order valence-corrected chi connectivity index (χ4v) is 2.54. The number of fused-ring (bicyclic) bond motifs is 1. The van der Waals surface area contributed by atoms with Crippen LogP contribution in [0.3, 0.4) is 0 Å².